The van der Waals surface area contributed by atoms with E-state index < -0.39 is 5.82 Å². The van der Waals surface area contributed by atoms with Crippen molar-refractivity contribution in [1.82, 2.24) is 15.0 Å². The molecule has 4 nitrogen and oxygen atoms in total. The summed E-state index contributed by atoms with van der Waals surface area (Å²) >= 11 is 11.4. The first kappa shape index (κ1) is 12.3. The van der Waals surface area contributed by atoms with Crippen LogP contribution in [0.25, 0.3) is 5.69 Å². The van der Waals surface area contributed by atoms with Crippen LogP contribution in [0.5, 0.6) is 0 Å². The lowest BCUT2D eigenvalue weighted by Gasteiger charge is -2.03. The van der Waals surface area contributed by atoms with Crippen molar-refractivity contribution in [2.45, 2.75) is 6.42 Å². The van der Waals surface area contributed by atoms with Crippen molar-refractivity contribution in [3.8, 4) is 5.69 Å². The molecular weight excluding hydrogens is 266 g/mol. The largest absolute Gasteiger partial charge is 0.330 e. The van der Waals surface area contributed by atoms with Crippen molar-refractivity contribution in [2.24, 2.45) is 5.73 Å². The van der Waals surface area contributed by atoms with Gasteiger partial charge in [-0.25, -0.2) is 9.07 Å². The van der Waals surface area contributed by atoms with Crippen LogP contribution < -0.4 is 5.73 Å². The number of nitrogens with two attached hydrogens (primary N) is 1. The van der Waals surface area contributed by atoms with Gasteiger partial charge in [-0.3, -0.25) is 0 Å². The maximum absolute atomic E-state index is 13.2. The van der Waals surface area contributed by atoms with Crippen LogP contribution in [0.15, 0.2) is 18.3 Å². The molecule has 2 N–H and O–H groups in total. The molecule has 17 heavy (non-hydrogen) atoms. The fourth-order valence-electron chi connectivity index (χ4n) is 1.36. The maximum Gasteiger partial charge on any atom is 0.160 e. The summed E-state index contributed by atoms with van der Waals surface area (Å²) in [6, 6.07) is 2.87. The Bertz CT molecular complexity index is 518. The molecule has 0 saturated heterocycles. The van der Waals surface area contributed by atoms with Gasteiger partial charge in [0.25, 0.3) is 0 Å². The third-order valence-electron chi connectivity index (χ3n) is 2.17. The molecule has 0 bridgehead atoms. The van der Waals surface area contributed by atoms with E-state index in [2.05, 4.69) is 10.3 Å². The number of hydrogen-bond donors (Lipinski definition) is 1. The molecule has 0 spiro atoms. The molecule has 0 unspecified atom stereocenters. The number of aromatic nitrogens is 3. The van der Waals surface area contributed by atoms with Gasteiger partial charge in [0.05, 0.1) is 27.6 Å². The number of rotatable bonds is 3. The smallest absolute Gasteiger partial charge is 0.160 e. The van der Waals surface area contributed by atoms with E-state index in [1.807, 2.05) is 0 Å². The van der Waals surface area contributed by atoms with E-state index >= 15 is 0 Å². The zero-order valence-corrected chi connectivity index (χ0v) is 10.2. The minimum absolute atomic E-state index is 0.0524. The second kappa shape index (κ2) is 5.00. The normalized spacial score (nSPS) is 10.8. The van der Waals surface area contributed by atoms with E-state index in [0.29, 0.717) is 18.7 Å². The molecule has 1 aromatic carbocycles. The van der Waals surface area contributed by atoms with E-state index in [0.717, 1.165) is 5.69 Å². The Morgan fingerprint density at radius 3 is 2.53 bits per heavy atom. The SMILES string of the molecule is NCCc1cn(-c2cc(Cl)c(F)c(Cl)c2)nn1. The lowest BCUT2D eigenvalue weighted by Crippen LogP contribution is -2.02. The van der Waals surface area contributed by atoms with E-state index in [1.165, 1.54) is 16.8 Å². The summed E-state index contributed by atoms with van der Waals surface area (Å²) in [6.07, 6.45) is 2.33. The number of halogens is 3. The van der Waals surface area contributed by atoms with Crippen LogP contribution in [0.4, 0.5) is 4.39 Å². The third-order valence-corrected chi connectivity index (χ3v) is 2.72. The Balaban J connectivity index is 2.39. The van der Waals surface area contributed by atoms with Gasteiger partial charge in [0.15, 0.2) is 5.82 Å². The molecule has 0 amide bonds. The van der Waals surface area contributed by atoms with Crippen LogP contribution in [-0.4, -0.2) is 21.5 Å². The molecule has 0 aliphatic heterocycles. The van der Waals surface area contributed by atoms with E-state index in [1.54, 1.807) is 6.20 Å². The molecule has 90 valence electrons. The van der Waals surface area contributed by atoms with Crippen LogP contribution in [-0.2, 0) is 6.42 Å². The third kappa shape index (κ3) is 2.57. The zero-order chi connectivity index (χ0) is 12.4. The summed E-state index contributed by atoms with van der Waals surface area (Å²) in [6.45, 7) is 0.490. The van der Waals surface area contributed by atoms with Gasteiger partial charge in [-0.1, -0.05) is 28.4 Å². The summed E-state index contributed by atoms with van der Waals surface area (Å²) in [5.41, 5.74) is 6.71. The summed E-state index contributed by atoms with van der Waals surface area (Å²) < 4.78 is 14.7. The van der Waals surface area contributed by atoms with Gasteiger partial charge >= 0.3 is 0 Å². The summed E-state index contributed by atoms with van der Waals surface area (Å²) in [5, 5.41) is 7.70. The molecule has 0 radical (unpaired) electrons. The molecule has 0 saturated carbocycles. The molecule has 0 fully saturated rings. The van der Waals surface area contributed by atoms with Crippen molar-refractivity contribution in [2.75, 3.05) is 6.54 Å². The van der Waals surface area contributed by atoms with Crippen molar-refractivity contribution in [3.63, 3.8) is 0 Å². The van der Waals surface area contributed by atoms with Crippen LogP contribution in [0.3, 0.4) is 0 Å². The van der Waals surface area contributed by atoms with E-state index in [4.69, 9.17) is 28.9 Å². The minimum atomic E-state index is -0.639. The molecule has 1 heterocycles. The molecule has 0 aliphatic rings. The lowest BCUT2D eigenvalue weighted by atomic mass is 10.3. The Morgan fingerprint density at radius 2 is 1.94 bits per heavy atom. The number of benzene rings is 1. The molecule has 2 aromatic rings. The summed E-state index contributed by atoms with van der Waals surface area (Å²) in [4.78, 5) is 0. The van der Waals surface area contributed by atoms with Gasteiger partial charge in [0.2, 0.25) is 0 Å². The van der Waals surface area contributed by atoms with Gasteiger partial charge in [-0.15, -0.1) is 5.10 Å². The Labute approximate surface area is 107 Å². The highest BCUT2D eigenvalue weighted by molar-refractivity contribution is 6.35. The van der Waals surface area contributed by atoms with Crippen LogP contribution >= 0.6 is 23.2 Å². The first-order valence-corrected chi connectivity index (χ1v) is 5.63. The second-order valence-electron chi connectivity index (χ2n) is 3.42. The fourth-order valence-corrected chi connectivity index (χ4v) is 1.84. The maximum atomic E-state index is 13.2. The topological polar surface area (TPSA) is 56.7 Å². The Morgan fingerprint density at radius 1 is 1.29 bits per heavy atom. The van der Waals surface area contributed by atoms with Crippen LogP contribution in [0.2, 0.25) is 10.0 Å². The van der Waals surface area contributed by atoms with E-state index in [9.17, 15) is 4.39 Å². The molecule has 2 rings (SSSR count). The zero-order valence-electron chi connectivity index (χ0n) is 8.70. The minimum Gasteiger partial charge on any atom is -0.330 e. The van der Waals surface area contributed by atoms with Gasteiger partial charge < -0.3 is 5.73 Å². The second-order valence-corrected chi connectivity index (χ2v) is 4.23. The lowest BCUT2D eigenvalue weighted by molar-refractivity contribution is 0.627. The Kier molecular flexibility index (Phi) is 3.61. The van der Waals surface area contributed by atoms with Gasteiger partial charge in [-0.2, -0.15) is 0 Å². The van der Waals surface area contributed by atoms with E-state index in [-0.39, 0.29) is 10.0 Å². The monoisotopic (exact) mass is 274 g/mol. The number of hydrogen-bond acceptors (Lipinski definition) is 3. The standard InChI is InChI=1S/C10H9Cl2FN4/c11-8-3-7(4-9(12)10(8)13)17-5-6(1-2-14)15-16-17/h3-5H,1-2,14H2. The van der Waals surface area contributed by atoms with Crippen molar-refractivity contribution in [1.29, 1.82) is 0 Å². The van der Waals surface area contributed by atoms with Crippen LogP contribution in [0, 0.1) is 5.82 Å². The highest BCUT2D eigenvalue weighted by Crippen LogP contribution is 2.26. The molecule has 0 atom stereocenters. The molecule has 0 aliphatic carbocycles. The first-order valence-electron chi connectivity index (χ1n) is 4.88. The van der Waals surface area contributed by atoms with Crippen LogP contribution in [0.1, 0.15) is 5.69 Å². The average molecular weight is 275 g/mol. The van der Waals surface area contributed by atoms with Gasteiger partial charge in [0, 0.05) is 6.42 Å². The Hall–Kier alpha value is -1.17. The average Bonchev–Trinajstić information content (AvgIpc) is 2.74. The summed E-state index contributed by atoms with van der Waals surface area (Å²) in [5.74, 6) is -0.639. The molecular formula is C10H9Cl2FN4. The highest BCUT2D eigenvalue weighted by Gasteiger charge is 2.10. The summed E-state index contributed by atoms with van der Waals surface area (Å²) in [7, 11) is 0. The molecule has 1 aromatic heterocycles. The predicted octanol–water partition coefficient (Wildman–Crippen LogP) is 2.21. The van der Waals surface area contributed by atoms with Gasteiger partial charge in [-0.05, 0) is 18.7 Å². The van der Waals surface area contributed by atoms with Crippen molar-refractivity contribution >= 4 is 23.2 Å². The molecule has 7 heteroatoms. The highest BCUT2D eigenvalue weighted by atomic mass is 35.5. The first-order chi connectivity index (χ1) is 8.11. The predicted molar refractivity (Wildman–Crippen MR) is 64.1 cm³/mol. The van der Waals surface area contributed by atoms with Crippen molar-refractivity contribution in [3.05, 3.63) is 39.9 Å². The van der Waals surface area contributed by atoms with Crippen molar-refractivity contribution < 1.29 is 4.39 Å². The van der Waals surface area contributed by atoms with Gasteiger partial charge in [0.1, 0.15) is 0 Å². The number of nitrogens with zero attached hydrogens (tertiary/aromatic N) is 3. The quantitative estimate of drug-likeness (QED) is 0.874. The fraction of sp³-hybridized carbons (Fsp3) is 0.200.